The Kier molecular flexibility index (Phi) is 6.16. The zero-order chi connectivity index (χ0) is 13.1. The van der Waals surface area contributed by atoms with Crippen LogP contribution in [-0.4, -0.2) is 37.0 Å². The van der Waals surface area contributed by atoms with Crippen molar-refractivity contribution >= 4 is 18.3 Å². The number of hydrogen-bond acceptors (Lipinski definition) is 2. The third kappa shape index (κ3) is 3.88. The molecule has 20 heavy (non-hydrogen) atoms. The normalized spacial score (nSPS) is 30.1. The first-order valence-electron chi connectivity index (χ1n) is 8.31. The van der Waals surface area contributed by atoms with Crippen molar-refractivity contribution in [2.24, 2.45) is 17.8 Å². The molecule has 3 rings (SSSR count). The third-order valence-corrected chi connectivity index (χ3v) is 5.47. The van der Waals surface area contributed by atoms with Gasteiger partial charge in [-0.15, -0.1) is 12.4 Å². The molecule has 1 amide bonds. The van der Waals surface area contributed by atoms with E-state index in [2.05, 4.69) is 10.2 Å². The molecule has 0 spiro atoms. The van der Waals surface area contributed by atoms with Gasteiger partial charge in [0.25, 0.3) is 0 Å². The van der Waals surface area contributed by atoms with Gasteiger partial charge in [0.2, 0.25) is 5.91 Å². The molecule has 0 unspecified atom stereocenters. The second-order valence-corrected chi connectivity index (χ2v) is 6.87. The number of nitrogens with zero attached hydrogens (tertiary/aromatic N) is 1. The number of halogens is 1. The second-order valence-electron chi connectivity index (χ2n) is 6.87. The SMILES string of the molecule is Cl.O=C(CCCC1CCCCC1)N1C[C@H]2CNC[C@H]2C1. The van der Waals surface area contributed by atoms with Gasteiger partial charge in [0.1, 0.15) is 0 Å². The van der Waals surface area contributed by atoms with Gasteiger partial charge in [-0.25, -0.2) is 0 Å². The molecule has 1 N–H and O–H groups in total. The van der Waals surface area contributed by atoms with E-state index in [4.69, 9.17) is 0 Å². The van der Waals surface area contributed by atoms with Crippen molar-refractivity contribution in [3.8, 4) is 0 Å². The van der Waals surface area contributed by atoms with Crippen LogP contribution in [0.4, 0.5) is 0 Å². The summed E-state index contributed by atoms with van der Waals surface area (Å²) in [4.78, 5) is 14.4. The predicted octanol–water partition coefficient (Wildman–Crippen LogP) is 2.84. The van der Waals surface area contributed by atoms with Gasteiger partial charge in [-0.05, 0) is 30.6 Å². The van der Waals surface area contributed by atoms with Crippen molar-refractivity contribution in [1.29, 1.82) is 0 Å². The molecular formula is C16H29ClN2O. The number of likely N-dealkylation sites (tertiary alicyclic amines) is 1. The molecule has 2 aliphatic heterocycles. The van der Waals surface area contributed by atoms with E-state index in [1.54, 1.807) is 0 Å². The van der Waals surface area contributed by atoms with Gasteiger partial charge < -0.3 is 10.2 Å². The van der Waals surface area contributed by atoms with Crippen molar-refractivity contribution in [2.45, 2.75) is 51.4 Å². The van der Waals surface area contributed by atoms with Crippen molar-refractivity contribution in [3.63, 3.8) is 0 Å². The van der Waals surface area contributed by atoms with Crippen LogP contribution < -0.4 is 5.32 Å². The lowest BCUT2D eigenvalue weighted by Gasteiger charge is -2.22. The second kappa shape index (κ2) is 7.65. The van der Waals surface area contributed by atoms with Crippen LogP contribution in [0.15, 0.2) is 0 Å². The van der Waals surface area contributed by atoms with Crippen LogP contribution in [0.25, 0.3) is 0 Å². The number of carbonyl (C=O) groups excluding carboxylic acids is 1. The molecular weight excluding hydrogens is 272 g/mol. The van der Waals surface area contributed by atoms with E-state index in [1.165, 1.54) is 38.5 Å². The van der Waals surface area contributed by atoms with Gasteiger partial charge in [0.05, 0.1) is 0 Å². The van der Waals surface area contributed by atoms with E-state index < -0.39 is 0 Å². The van der Waals surface area contributed by atoms with Gasteiger partial charge in [0.15, 0.2) is 0 Å². The summed E-state index contributed by atoms with van der Waals surface area (Å²) >= 11 is 0. The van der Waals surface area contributed by atoms with Gasteiger partial charge in [-0.3, -0.25) is 4.79 Å². The lowest BCUT2D eigenvalue weighted by molar-refractivity contribution is -0.130. The molecule has 3 aliphatic rings. The maximum Gasteiger partial charge on any atom is 0.222 e. The highest BCUT2D eigenvalue weighted by Crippen LogP contribution is 2.29. The highest BCUT2D eigenvalue weighted by atomic mass is 35.5. The summed E-state index contributed by atoms with van der Waals surface area (Å²) < 4.78 is 0. The van der Waals surface area contributed by atoms with Crippen LogP contribution in [0.2, 0.25) is 0 Å². The van der Waals surface area contributed by atoms with Crippen LogP contribution >= 0.6 is 12.4 Å². The van der Waals surface area contributed by atoms with Gasteiger partial charge in [0, 0.05) is 32.6 Å². The Labute approximate surface area is 129 Å². The first-order chi connectivity index (χ1) is 9.33. The molecule has 0 aromatic carbocycles. The maximum absolute atomic E-state index is 12.2. The summed E-state index contributed by atoms with van der Waals surface area (Å²) in [7, 11) is 0. The van der Waals surface area contributed by atoms with Crippen molar-refractivity contribution in [1.82, 2.24) is 10.2 Å². The predicted molar refractivity (Wildman–Crippen MR) is 84.1 cm³/mol. The highest BCUT2D eigenvalue weighted by molar-refractivity contribution is 5.85. The van der Waals surface area contributed by atoms with Crippen LogP contribution in [0.5, 0.6) is 0 Å². The molecule has 1 saturated carbocycles. The lowest BCUT2D eigenvalue weighted by atomic mass is 9.86. The first kappa shape index (κ1) is 16.1. The van der Waals surface area contributed by atoms with Gasteiger partial charge in [-0.1, -0.05) is 32.1 Å². The molecule has 3 nitrogen and oxygen atoms in total. The summed E-state index contributed by atoms with van der Waals surface area (Å²) in [6.07, 6.45) is 10.3. The molecule has 2 atom stereocenters. The Bertz CT molecular complexity index is 306. The van der Waals surface area contributed by atoms with Crippen molar-refractivity contribution in [3.05, 3.63) is 0 Å². The van der Waals surface area contributed by atoms with Crippen molar-refractivity contribution < 1.29 is 4.79 Å². The molecule has 2 heterocycles. The van der Waals surface area contributed by atoms with E-state index in [0.29, 0.717) is 5.91 Å². The topological polar surface area (TPSA) is 32.3 Å². The quantitative estimate of drug-likeness (QED) is 0.866. The van der Waals surface area contributed by atoms with E-state index in [0.717, 1.165) is 56.8 Å². The van der Waals surface area contributed by atoms with E-state index in [1.807, 2.05) is 0 Å². The number of amides is 1. The molecule has 116 valence electrons. The Morgan fingerprint density at radius 1 is 1.05 bits per heavy atom. The zero-order valence-corrected chi connectivity index (χ0v) is 13.3. The minimum Gasteiger partial charge on any atom is -0.342 e. The molecule has 0 aromatic rings. The standard InChI is InChI=1S/C16H28N2O.ClH/c19-16(8-4-7-13-5-2-1-3-6-13)18-11-14-9-17-10-15(14)12-18;/h13-15,17H,1-12H2;1H/t14-,15+;. The molecule has 0 radical (unpaired) electrons. The smallest absolute Gasteiger partial charge is 0.222 e. The fourth-order valence-electron chi connectivity index (χ4n) is 4.23. The molecule has 3 fully saturated rings. The largest absolute Gasteiger partial charge is 0.342 e. The van der Waals surface area contributed by atoms with Crippen molar-refractivity contribution in [2.75, 3.05) is 26.2 Å². The van der Waals surface area contributed by atoms with E-state index in [-0.39, 0.29) is 12.4 Å². The average Bonchev–Trinajstić information content (AvgIpc) is 3.00. The van der Waals surface area contributed by atoms with Gasteiger partial charge in [-0.2, -0.15) is 0 Å². The summed E-state index contributed by atoms with van der Waals surface area (Å²) in [5.41, 5.74) is 0. The number of rotatable bonds is 4. The third-order valence-electron chi connectivity index (χ3n) is 5.47. The molecule has 2 saturated heterocycles. The first-order valence-corrected chi connectivity index (χ1v) is 8.31. The van der Waals surface area contributed by atoms with E-state index >= 15 is 0 Å². The minimum absolute atomic E-state index is 0. The maximum atomic E-state index is 12.2. The van der Waals surface area contributed by atoms with Crippen LogP contribution in [0, 0.1) is 17.8 Å². The molecule has 0 aromatic heterocycles. The lowest BCUT2D eigenvalue weighted by Crippen LogP contribution is -2.31. The van der Waals surface area contributed by atoms with Crippen LogP contribution in [0.3, 0.4) is 0 Å². The van der Waals surface area contributed by atoms with E-state index in [9.17, 15) is 4.79 Å². The van der Waals surface area contributed by atoms with Crippen LogP contribution in [-0.2, 0) is 4.79 Å². The summed E-state index contributed by atoms with van der Waals surface area (Å²) in [5, 5.41) is 3.43. The molecule has 4 heteroatoms. The Hall–Kier alpha value is -0.280. The number of nitrogens with one attached hydrogen (secondary N) is 1. The Morgan fingerprint density at radius 2 is 1.70 bits per heavy atom. The number of carbonyl (C=O) groups is 1. The minimum atomic E-state index is 0. The van der Waals surface area contributed by atoms with Gasteiger partial charge >= 0.3 is 0 Å². The monoisotopic (exact) mass is 300 g/mol. The zero-order valence-electron chi connectivity index (χ0n) is 12.5. The summed E-state index contributed by atoms with van der Waals surface area (Å²) in [6.45, 7) is 4.27. The molecule has 1 aliphatic carbocycles. The fourth-order valence-corrected chi connectivity index (χ4v) is 4.23. The summed E-state index contributed by atoms with van der Waals surface area (Å²) in [5.74, 6) is 2.82. The number of fused-ring (bicyclic) bond motifs is 1. The Morgan fingerprint density at radius 3 is 2.35 bits per heavy atom. The molecule has 0 bridgehead atoms. The Balaban J connectivity index is 0.00000147. The summed E-state index contributed by atoms with van der Waals surface area (Å²) in [6, 6.07) is 0. The average molecular weight is 301 g/mol. The number of hydrogen-bond donors (Lipinski definition) is 1. The highest BCUT2D eigenvalue weighted by Gasteiger charge is 2.37. The van der Waals surface area contributed by atoms with Crippen LogP contribution in [0.1, 0.15) is 51.4 Å². The fraction of sp³-hybridized carbons (Fsp3) is 0.938.